The molecule has 4 fully saturated rings. The minimum absolute atomic E-state index is 0.00955. The van der Waals surface area contributed by atoms with Gasteiger partial charge >= 0.3 is 0 Å². The van der Waals surface area contributed by atoms with Crippen LogP contribution in [0.25, 0.3) is 33.0 Å². The molecule has 0 amide bonds. The fraction of sp³-hybridized carbons (Fsp3) is 0.346. The highest BCUT2D eigenvalue weighted by molar-refractivity contribution is 5.97. The van der Waals surface area contributed by atoms with E-state index in [2.05, 4.69) is 113 Å². The number of nitrogens with zero attached hydrogens (tertiary/aromatic N) is 1. The lowest BCUT2D eigenvalue weighted by molar-refractivity contribution is -0.0399. The normalized spacial score (nSPS) is 28.6. The minimum atomic E-state index is -0.824. The Morgan fingerprint density at radius 2 is 1.21 bits per heavy atom. The molecule has 1 heteroatoms. The lowest BCUT2D eigenvalue weighted by atomic mass is 9.43. The molecule has 1 spiro atoms. The lowest BCUT2D eigenvalue weighted by Gasteiger charge is -2.61. The molecule has 0 radical (unpaired) electrons. The largest absolute Gasteiger partial charge is 0.310 e. The Balaban J connectivity index is 1.19. The van der Waals surface area contributed by atoms with E-state index in [1.165, 1.54) is 28.3 Å². The van der Waals surface area contributed by atoms with Gasteiger partial charge in [-0.25, -0.2) is 0 Å². The summed E-state index contributed by atoms with van der Waals surface area (Å²) < 4.78 is 67.1. The van der Waals surface area contributed by atoms with E-state index in [0.717, 1.165) is 61.0 Å². The Hall–Kier alpha value is -4.62. The van der Waals surface area contributed by atoms with Gasteiger partial charge < -0.3 is 4.90 Å². The maximum atomic E-state index is 10.6. The van der Waals surface area contributed by atoms with Gasteiger partial charge in [-0.05, 0) is 171 Å². The van der Waals surface area contributed by atoms with E-state index >= 15 is 0 Å². The second kappa shape index (κ2) is 11.2. The van der Waals surface area contributed by atoms with E-state index in [1.54, 1.807) is 0 Å². The molecule has 53 heavy (non-hydrogen) atoms. The summed E-state index contributed by atoms with van der Waals surface area (Å²) in [6.45, 7) is 9.25. The van der Waals surface area contributed by atoms with Crippen LogP contribution in [-0.2, 0) is 16.2 Å². The van der Waals surface area contributed by atoms with Crippen LogP contribution in [0.15, 0.2) is 127 Å². The molecule has 4 bridgehead atoms. The van der Waals surface area contributed by atoms with Crippen LogP contribution in [0.3, 0.4) is 0 Å². The van der Waals surface area contributed by atoms with Gasteiger partial charge in [-0.2, -0.15) is 0 Å². The van der Waals surface area contributed by atoms with Crippen molar-refractivity contribution in [3.63, 3.8) is 0 Å². The molecule has 0 aliphatic heterocycles. The Morgan fingerprint density at radius 3 is 1.98 bits per heavy atom. The third kappa shape index (κ3) is 4.55. The Kier molecular flexibility index (Phi) is 5.37. The third-order valence-corrected chi connectivity index (χ3v) is 14.5. The second-order valence-electron chi connectivity index (χ2n) is 18.3. The van der Waals surface area contributed by atoms with Gasteiger partial charge in [0.05, 0.1) is 9.60 Å². The summed E-state index contributed by atoms with van der Waals surface area (Å²) in [6.07, 6.45) is 7.13. The molecule has 6 aromatic carbocycles. The van der Waals surface area contributed by atoms with Crippen LogP contribution in [0, 0.1) is 23.7 Å². The zero-order valence-corrected chi connectivity index (χ0v) is 31.3. The summed E-state index contributed by atoms with van der Waals surface area (Å²) >= 11 is 0. The van der Waals surface area contributed by atoms with Crippen molar-refractivity contribution in [2.45, 2.75) is 88.9 Å². The Bertz CT molecular complexity index is 2790. The highest BCUT2D eigenvalue weighted by Gasteiger charge is 2.61. The highest BCUT2D eigenvalue weighted by Crippen LogP contribution is 2.69. The highest BCUT2D eigenvalue weighted by atomic mass is 15.1. The maximum absolute atomic E-state index is 10.6. The van der Waals surface area contributed by atoms with E-state index in [4.69, 9.17) is 2.74 Å². The van der Waals surface area contributed by atoms with Crippen LogP contribution in [0.1, 0.15) is 104 Å². The molecule has 6 aliphatic carbocycles. The van der Waals surface area contributed by atoms with Crippen LogP contribution in [0.2, 0.25) is 0 Å². The number of benzene rings is 6. The minimum Gasteiger partial charge on any atom is -0.310 e. The molecule has 12 rings (SSSR count). The molecule has 0 unspecified atom stereocenters. The predicted octanol–water partition coefficient (Wildman–Crippen LogP) is 14.0. The van der Waals surface area contributed by atoms with Gasteiger partial charge in [0.2, 0.25) is 0 Å². The first-order valence-electron chi connectivity index (χ1n) is 23.4. The predicted molar refractivity (Wildman–Crippen MR) is 223 cm³/mol. The molecule has 4 saturated carbocycles. The van der Waals surface area contributed by atoms with Crippen molar-refractivity contribution in [2.24, 2.45) is 23.7 Å². The first-order chi connectivity index (χ1) is 28.6. The molecule has 0 N–H and O–H groups in total. The van der Waals surface area contributed by atoms with Gasteiger partial charge in [-0.15, -0.1) is 0 Å². The van der Waals surface area contributed by atoms with Gasteiger partial charge in [-0.3, -0.25) is 0 Å². The number of anilines is 3. The van der Waals surface area contributed by atoms with Gasteiger partial charge in [0, 0.05) is 22.5 Å². The smallest absolute Gasteiger partial charge is 0.0648 e. The van der Waals surface area contributed by atoms with Crippen LogP contribution in [0.4, 0.5) is 17.1 Å². The van der Waals surface area contributed by atoms with E-state index < -0.39 is 5.41 Å². The molecule has 0 atom stereocenters. The number of rotatable bonds is 4. The zero-order chi connectivity index (χ0) is 41.8. The average Bonchev–Trinajstić information content (AvgIpc) is 3.56. The number of hydrogen-bond donors (Lipinski definition) is 0. The Labute approximate surface area is 325 Å². The molecule has 1 nitrogen and oxygen atoms in total. The molecule has 0 heterocycles. The first-order valence-corrected chi connectivity index (χ1v) is 19.9. The fourth-order valence-corrected chi connectivity index (χ4v) is 12.1. The van der Waals surface area contributed by atoms with Crippen LogP contribution >= 0.6 is 0 Å². The van der Waals surface area contributed by atoms with E-state index in [9.17, 15) is 6.85 Å². The molecule has 0 saturated heterocycles. The molecule has 6 aliphatic rings. The average molecular weight is 697 g/mol. The van der Waals surface area contributed by atoms with Crippen molar-refractivity contribution in [1.29, 1.82) is 0 Å². The van der Waals surface area contributed by atoms with Crippen molar-refractivity contribution >= 4 is 27.8 Å². The molecule has 264 valence electrons. The van der Waals surface area contributed by atoms with E-state index in [1.807, 2.05) is 4.90 Å². The first kappa shape index (κ1) is 25.4. The van der Waals surface area contributed by atoms with Crippen molar-refractivity contribution in [3.8, 4) is 22.3 Å². The summed E-state index contributed by atoms with van der Waals surface area (Å²) in [5.74, 6) is 1.34. The standard InChI is InChI=1S/C52H51N/c1-50(2)24-25-51(3,4)49-32-41(21-23-47(49)50)53(39-18-16-36(17-19-39)43-14-9-11-35-10-5-6-12-42(35)43)40-20-22-45-44-13-7-8-15-46(44)52(48(45)31-40)37-27-33-26-34(29-37)30-38(52)28-33/h5-23,31-34,37-38H,24-30H2,1-4H3/i7D,8D,13D,15D,20D,22D,31D. The second-order valence-corrected chi connectivity index (χ2v) is 18.3. The molecule has 0 aromatic heterocycles. The summed E-state index contributed by atoms with van der Waals surface area (Å²) in [4.78, 5) is 2.04. The monoisotopic (exact) mass is 696 g/mol. The molecule has 6 aromatic rings. The van der Waals surface area contributed by atoms with Crippen molar-refractivity contribution in [1.82, 2.24) is 0 Å². The lowest BCUT2D eigenvalue weighted by Crippen LogP contribution is -2.55. The SMILES string of the molecule is [2H]c1c([2H])c([2H])c2c(c1[2H])-c1c([2H])c([2H])c(N(c3ccc(-c4cccc5ccccc45)cc3)c3ccc4c(c3)C(C)(C)CCC4(C)C)c([2H])c1C21C2CC3CC(C2)CC1C3. The zero-order valence-electron chi connectivity index (χ0n) is 38.3. The van der Waals surface area contributed by atoms with Crippen molar-refractivity contribution in [3.05, 3.63) is 149 Å². The van der Waals surface area contributed by atoms with Gasteiger partial charge in [-0.1, -0.05) is 119 Å². The van der Waals surface area contributed by atoms with Crippen LogP contribution in [-0.4, -0.2) is 0 Å². The van der Waals surface area contributed by atoms with Crippen LogP contribution < -0.4 is 4.90 Å². The summed E-state index contributed by atoms with van der Waals surface area (Å²) in [7, 11) is 0. The fourth-order valence-electron chi connectivity index (χ4n) is 12.1. The van der Waals surface area contributed by atoms with Crippen molar-refractivity contribution < 1.29 is 9.60 Å². The maximum Gasteiger partial charge on any atom is 0.0648 e. The molecular weight excluding hydrogens is 639 g/mol. The van der Waals surface area contributed by atoms with Gasteiger partial charge in [0.1, 0.15) is 0 Å². The van der Waals surface area contributed by atoms with E-state index in [-0.39, 0.29) is 65.0 Å². The van der Waals surface area contributed by atoms with E-state index in [0.29, 0.717) is 39.8 Å². The van der Waals surface area contributed by atoms with Crippen molar-refractivity contribution in [2.75, 3.05) is 4.90 Å². The summed E-state index contributed by atoms with van der Waals surface area (Å²) in [5, 5.41) is 2.33. The van der Waals surface area contributed by atoms with Crippen LogP contribution in [0.5, 0.6) is 0 Å². The third-order valence-electron chi connectivity index (χ3n) is 14.5. The summed E-state index contributed by atoms with van der Waals surface area (Å²) in [5.41, 5.74) is 7.74. The topological polar surface area (TPSA) is 3.24 Å². The number of hydrogen-bond acceptors (Lipinski definition) is 1. The summed E-state index contributed by atoms with van der Waals surface area (Å²) in [6, 6.07) is 29.0. The van der Waals surface area contributed by atoms with Gasteiger partial charge in [0.25, 0.3) is 0 Å². The quantitative estimate of drug-likeness (QED) is 0.177. The Morgan fingerprint density at radius 1 is 0.547 bits per heavy atom. The number of fused-ring (bicyclic) bond motifs is 5. The molecular formula is C52H51N. The van der Waals surface area contributed by atoms with Gasteiger partial charge in [0.15, 0.2) is 0 Å².